The number of nitrogens with zero attached hydrogens (tertiary/aromatic N) is 1. The third kappa shape index (κ3) is 9.47. The van der Waals surface area contributed by atoms with Crippen molar-refractivity contribution in [3.05, 3.63) is 150 Å². The highest BCUT2D eigenvalue weighted by atomic mass is 16.7. The molecule has 0 radical (unpaired) electrons. The molecule has 4 unspecified atom stereocenters. The fourth-order valence-electron chi connectivity index (χ4n) is 5.84. The van der Waals surface area contributed by atoms with Gasteiger partial charge in [-0.1, -0.05) is 66.7 Å². The number of carbonyl (C=O) groups excluding carboxylic acids is 1. The number of benzene rings is 5. The van der Waals surface area contributed by atoms with Gasteiger partial charge in [-0.15, -0.1) is 0 Å². The van der Waals surface area contributed by atoms with Crippen LogP contribution in [-0.2, 0) is 16.1 Å². The molecule has 4 atom stereocenters. The first-order chi connectivity index (χ1) is 24.3. The molecular weight excluding hydrogens is 634 g/mol. The molecule has 1 aliphatic rings. The Kier molecular flexibility index (Phi) is 11.4. The number of carbonyl (C=O) groups is 1. The summed E-state index contributed by atoms with van der Waals surface area (Å²) >= 11 is 0. The van der Waals surface area contributed by atoms with Crippen molar-refractivity contribution >= 4 is 17.4 Å². The van der Waals surface area contributed by atoms with Gasteiger partial charge >= 0.3 is 6.03 Å². The molecule has 258 valence electrons. The van der Waals surface area contributed by atoms with Gasteiger partial charge < -0.3 is 45.1 Å². The van der Waals surface area contributed by atoms with Crippen LogP contribution in [0.2, 0.25) is 0 Å². The van der Waals surface area contributed by atoms with Crippen molar-refractivity contribution < 1.29 is 34.3 Å². The van der Waals surface area contributed by atoms with Crippen LogP contribution in [0.15, 0.2) is 127 Å². The topological polar surface area (TPSA) is 133 Å². The molecule has 5 aromatic carbocycles. The number of aliphatic hydroxyl groups excluding tert-OH is 2. The van der Waals surface area contributed by atoms with Crippen molar-refractivity contribution in [1.82, 2.24) is 4.90 Å². The zero-order valence-corrected chi connectivity index (χ0v) is 27.7. The van der Waals surface area contributed by atoms with Crippen LogP contribution in [0.25, 0.3) is 0 Å². The van der Waals surface area contributed by atoms with E-state index < -0.39 is 12.4 Å². The van der Waals surface area contributed by atoms with E-state index in [-0.39, 0.29) is 30.6 Å². The molecule has 0 bridgehead atoms. The molecule has 1 fully saturated rings. The van der Waals surface area contributed by atoms with Gasteiger partial charge in [-0.05, 0) is 84.4 Å². The number of phenolic OH excluding ortho intramolecular Hbond substituents is 1. The summed E-state index contributed by atoms with van der Waals surface area (Å²) in [6, 6.07) is 37.8. The number of hydrogen-bond donors (Lipinski definition) is 5. The zero-order chi connectivity index (χ0) is 34.9. The molecule has 6 rings (SSSR count). The van der Waals surface area contributed by atoms with Crippen LogP contribution in [-0.4, -0.2) is 52.5 Å². The van der Waals surface area contributed by atoms with Gasteiger partial charge in [0.05, 0.1) is 24.9 Å². The van der Waals surface area contributed by atoms with Crippen LogP contribution >= 0.6 is 0 Å². The van der Waals surface area contributed by atoms with E-state index in [0.29, 0.717) is 42.2 Å². The lowest BCUT2D eigenvalue weighted by atomic mass is 9.99. The van der Waals surface area contributed by atoms with Crippen LogP contribution in [0, 0.1) is 0 Å². The number of anilines is 2. The minimum atomic E-state index is -0.783. The van der Waals surface area contributed by atoms with Gasteiger partial charge in [0, 0.05) is 36.4 Å². The minimum Gasteiger partial charge on any atom is -0.508 e. The Labute approximate surface area is 291 Å². The molecule has 5 N–H and O–H groups in total. The van der Waals surface area contributed by atoms with E-state index in [1.165, 1.54) is 0 Å². The standard InChI is InChI=1S/C40H41N3O7/c1-43(25-37(46)30-6-5-7-33(45)22-30)24-36-23-38(28-12-10-27(26-44)11-13-28)50-39(49-36)29-14-16-31(17-15-29)41-40(47)42-32-18-20-35(21-19-32)48-34-8-3-2-4-9-34/h2-22,36-39,44-46H,23-26H2,1H3,(H2,41,42,47). The highest BCUT2D eigenvalue weighted by Gasteiger charge is 2.33. The van der Waals surface area contributed by atoms with Crippen molar-refractivity contribution in [3.63, 3.8) is 0 Å². The molecule has 0 spiro atoms. The average molecular weight is 676 g/mol. The third-order valence-electron chi connectivity index (χ3n) is 8.40. The first-order valence-corrected chi connectivity index (χ1v) is 16.5. The van der Waals surface area contributed by atoms with Gasteiger partial charge in [-0.2, -0.15) is 0 Å². The van der Waals surface area contributed by atoms with E-state index in [4.69, 9.17) is 14.2 Å². The predicted molar refractivity (Wildman–Crippen MR) is 191 cm³/mol. The molecule has 1 aliphatic heterocycles. The molecule has 50 heavy (non-hydrogen) atoms. The maximum atomic E-state index is 12.8. The fourth-order valence-corrected chi connectivity index (χ4v) is 5.84. The van der Waals surface area contributed by atoms with Crippen LogP contribution in [0.3, 0.4) is 0 Å². The smallest absolute Gasteiger partial charge is 0.323 e. The summed E-state index contributed by atoms with van der Waals surface area (Å²) < 4.78 is 18.7. The second-order valence-corrected chi connectivity index (χ2v) is 12.3. The number of hydrogen-bond acceptors (Lipinski definition) is 8. The van der Waals surface area contributed by atoms with Crippen LogP contribution in [0.5, 0.6) is 17.2 Å². The minimum absolute atomic E-state index is 0.0408. The summed E-state index contributed by atoms with van der Waals surface area (Å²) in [5.74, 6) is 1.50. The molecule has 0 saturated carbocycles. The quantitative estimate of drug-likeness (QED) is 0.0917. The Morgan fingerprint density at radius 3 is 2.12 bits per heavy atom. The molecule has 1 saturated heterocycles. The summed E-state index contributed by atoms with van der Waals surface area (Å²) in [7, 11) is 1.92. The highest BCUT2D eigenvalue weighted by Crippen LogP contribution is 2.38. The second-order valence-electron chi connectivity index (χ2n) is 12.3. The van der Waals surface area contributed by atoms with E-state index in [1.54, 1.807) is 60.7 Å². The Bertz CT molecular complexity index is 1820. The van der Waals surface area contributed by atoms with Crippen LogP contribution < -0.4 is 15.4 Å². The van der Waals surface area contributed by atoms with Crippen LogP contribution in [0.1, 0.15) is 47.2 Å². The fraction of sp³-hybridized carbons (Fsp3) is 0.225. The summed E-state index contributed by atoms with van der Waals surface area (Å²) in [4.78, 5) is 14.8. The first-order valence-electron chi connectivity index (χ1n) is 16.5. The lowest BCUT2D eigenvalue weighted by Gasteiger charge is -2.38. The number of para-hydroxylation sites is 1. The lowest BCUT2D eigenvalue weighted by molar-refractivity contribution is -0.252. The maximum Gasteiger partial charge on any atom is 0.323 e. The summed E-state index contributed by atoms with van der Waals surface area (Å²) in [6.07, 6.45) is -1.38. The molecule has 5 aromatic rings. The number of likely N-dealkylation sites (N-methyl/N-ethyl adjacent to an activating group) is 1. The summed E-state index contributed by atoms with van der Waals surface area (Å²) in [6.45, 7) is 0.833. The molecule has 0 aliphatic carbocycles. The zero-order valence-electron chi connectivity index (χ0n) is 27.7. The highest BCUT2D eigenvalue weighted by molar-refractivity contribution is 5.99. The van der Waals surface area contributed by atoms with Crippen LogP contribution in [0.4, 0.5) is 16.2 Å². The van der Waals surface area contributed by atoms with Gasteiger partial charge in [-0.3, -0.25) is 0 Å². The van der Waals surface area contributed by atoms with E-state index >= 15 is 0 Å². The molecule has 10 nitrogen and oxygen atoms in total. The monoisotopic (exact) mass is 675 g/mol. The summed E-state index contributed by atoms with van der Waals surface area (Å²) in [5.41, 5.74) is 4.42. The number of amides is 2. The van der Waals surface area contributed by atoms with E-state index in [9.17, 15) is 20.1 Å². The third-order valence-corrected chi connectivity index (χ3v) is 8.40. The van der Waals surface area contributed by atoms with Crippen molar-refractivity contribution in [2.45, 2.75) is 37.6 Å². The molecule has 10 heteroatoms. The first kappa shape index (κ1) is 34.6. The van der Waals surface area contributed by atoms with Crippen molar-refractivity contribution in [3.8, 4) is 17.2 Å². The predicted octanol–water partition coefficient (Wildman–Crippen LogP) is 7.53. The number of nitrogens with one attached hydrogen (secondary N) is 2. The van der Waals surface area contributed by atoms with Gasteiger partial charge in [0.15, 0.2) is 6.29 Å². The van der Waals surface area contributed by atoms with Gasteiger partial charge in [0.1, 0.15) is 17.2 Å². The van der Waals surface area contributed by atoms with Gasteiger partial charge in [-0.25, -0.2) is 4.79 Å². The Morgan fingerprint density at radius 1 is 0.820 bits per heavy atom. The number of rotatable bonds is 12. The van der Waals surface area contributed by atoms with E-state index in [1.807, 2.05) is 78.7 Å². The van der Waals surface area contributed by atoms with Crippen molar-refractivity contribution in [2.75, 3.05) is 30.8 Å². The molecule has 1 heterocycles. The summed E-state index contributed by atoms with van der Waals surface area (Å²) in [5, 5.41) is 35.9. The maximum absolute atomic E-state index is 12.8. The Hall–Kier alpha value is -5.23. The number of aliphatic hydroxyl groups is 2. The van der Waals surface area contributed by atoms with Crippen molar-refractivity contribution in [2.24, 2.45) is 0 Å². The normalized spacial score (nSPS) is 18.0. The Balaban J connectivity index is 1.08. The SMILES string of the molecule is CN(CC1CC(c2ccc(CO)cc2)OC(c2ccc(NC(=O)Nc3ccc(Oc4ccccc4)cc3)cc2)O1)CC(O)c1cccc(O)c1. The number of aromatic hydroxyl groups is 1. The van der Waals surface area contributed by atoms with E-state index in [0.717, 1.165) is 22.4 Å². The second kappa shape index (κ2) is 16.4. The number of ether oxygens (including phenoxy) is 3. The van der Waals surface area contributed by atoms with Gasteiger partial charge in [0.25, 0.3) is 0 Å². The average Bonchev–Trinajstić information content (AvgIpc) is 3.13. The van der Waals surface area contributed by atoms with E-state index in [2.05, 4.69) is 10.6 Å². The largest absolute Gasteiger partial charge is 0.508 e. The number of urea groups is 1. The molecule has 2 amide bonds. The lowest BCUT2D eigenvalue weighted by Crippen LogP contribution is -2.39. The Morgan fingerprint density at radius 2 is 1.46 bits per heavy atom. The van der Waals surface area contributed by atoms with Gasteiger partial charge in [0.2, 0.25) is 0 Å². The molecular formula is C40H41N3O7. The van der Waals surface area contributed by atoms with Crippen molar-refractivity contribution in [1.29, 1.82) is 0 Å². The number of phenols is 1. The molecule has 0 aromatic heterocycles.